The summed E-state index contributed by atoms with van der Waals surface area (Å²) in [6.07, 6.45) is 3.42. The van der Waals surface area contributed by atoms with E-state index < -0.39 is 15.9 Å². The second-order valence-corrected chi connectivity index (χ2v) is 7.74. The van der Waals surface area contributed by atoms with E-state index in [1.165, 1.54) is 30.7 Å². The van der Waals surface area contributed by atoms with Crippen molar-refractivity contribution in [1.29, 1.82) is 0 Å². The van der Waals surface area contributed by atoms with Gasteiger partial charge in [-0.25, -0.2) is 8.42 Å². The topological polar surface area (TPSA) is 92.5 Å². The molecule has 1 heterocycles. The third kappa shape index (κ3) is 3.93. The Hall–Kier alpha value is -2.54. The fraction of sp³-hybridized carbons (Fsp3) is 0.278. The van der Waals surface area contributed by atoms with Crippen LogP contribution in [0.5, 0.6) is 0 Å². The Morgan fingerprint density at radius 1 is 0.960 bits per heavy atom. The zero-order valence-electron chi connectivity index (χ0n) is 13.8. The summed E-state index contributed by atoms with van der Waals surface area (Å²) >= 11 is 0. The second kappa shape index (κ2) is 7.14. The number of amides is 1. The first-order valence-electron chi connectivity index (χ1n) is 8.24. The summed E-state index contributed by atoms with van der Waals surface area (Å²) in [4.78, 5) is 13.4. The van der Waals surface area contributed by atoms with Crippen molar-refractivity contribution in [2.45, 2.75) is 24.2 Å². The molecule has 1 amide bonds. The number of carbonyl (C=O) groups excluding carboxylic acids is 1. The van der Waals surface area contributed by atoms with Gasteiger partial charge in [0.1, 0.15) is 0 Å². The molecule has 0 aliphatic carbocycles. The Labute approximate surface area is 147 Å². The molecule has 1 saturated heterocycles. The van der Waals surface area contributed by atoms with E-state index in [1.807, 2.05) is 18.2 Å². The zero-order valence-corrected chi connectivity index (χ0v) is 14.6. The van der Waals surface area contributed by atoms with Gasteiger partial charge in [-0.05, 0) is 55.7 Å². The molecule has 0 bridgehead atoms. The van der Waals surface area contributed by atoms with Gasteiger partial charge in [-0.15, -0.1) is 0 Å². The maximum atomic E-state index is 12.7. The Kier molecular flexibility index (Phi) is 4.94. The molecule has 132 valence electrons. The third-order valence-corrected chi connectivity index (χ3v) is 5.68. The van der Waals surface area contributed by atoms with E-state index in [-0.39, 0.29) is 10.5 Å². The quantitative estimate of drug-likeness (QED) is 0.858. The van der Waals surface area contributed by atoms with Crippen LogP contribution in [0.4, 0.5) is 11.4 Å². The van der Waals surface area contributed by atoms with Crippen molar-refractivity contribution in [2.75, 3.05) is 22.7 Å². The van der Waals surface area contributed by atoms with Crippen LogP contribution in [-0.2, 0) is 10.0 Å². The predicted molar refractivity (Wildman–Crippen MR) is 98.3 cm³/mol. The third-order valence-electron chi connectivity index (χ3n) is 4.29. The smallest absolute Gasteiger partial charge is 0.261 e. The number of nitrogens with one attached hydrogen (secondary N) is 1. The number of piperidine rings is 1. The number of benzene rings is 2. The Morgan fingerprint density at radius 2 is 1.60 bits per heavy atom. The largest absolute Gasteiger partial charge is 0.370 e. The molecule has 7 heteroatoms. The van der Waals surface area contributed by atoms with Crippen LogP contribution in [0.3, 0.4) is 0 Å². The minimum atomic E-state index is -3.75. The van der Waals surface area contributed by atoms with E-state index in [2.05, 4.69) is 9.62 Å². The van der Waals surface area contributed by atoms with Crippen LogP contribution in [0.1, 0.15) is 29.6 Å². The van der Waals surface area contributed by atoms with Crippen LogP contribution in [0, 0.1) is 0 Å². The highest BCUT2D eigenvalue weighted by molar-refractivity contribution is 7.92. The predicted octanol–water partition coefficient (Wildman–Crippen LogP) is 2.58. The summed E-state index contributed by atoms with van der Waals surface area (Å²) in [5.41, 5.74) is 6.91. The monoisotopic (exact) mass is 359 g/mol. The number of carbonyl (C=O) groups is 1. The van der Waals surface area contributed by atoms with E-state index in [4.69, 9.17) is 5.73 Å². The number of primary amides is 1. The van der Waals surface area contributed by atoms with Crippen molar-refractivity contribution in [3.05, 3.63) is 54.1 Å². The van der Waals surface area contributed by atoms with Crippen molar-refractivity contribution in [1.82, 2.24) is 0 Å². The first-order valence-corrected chi connectivity index (χ1v) is 9.72. The normalized spacial score (nSPS) is 15.0. The summed E-state index contributed by atoms with van der Waals surface area (Å²) < 4.78 is 28.0. The van der Waals surface area contributed by atoms with Crippen molar-refractivity contribution in [2.24, 2.45) is 5.73 Å². The van der Waals surface area contributed by atoms with Gasteiger partial charge in [-0.1, -0.05) is 12.1 Å². The molecule has 0 aromatic heterocycles. The van der Waals surface area contributed by atoms with E-state index in [9.17, 15) is 13.2 Å². The number of hydrogen-bond donors (Lipinski definition) is 2. The van der Waals surface area contributed by atoms with Gasteiger partial charge in [-0.3, -0.25) is 9.52 Å². The number of nitrogens with zero attached hydrogens (tertiary/aromatic N) is 1. The second-order valence-electron chi connectivity index (χ2n) is 6.06. The summed E-state index contributed by atoms with van der Waals surface area (Å²) in [6.45, 7) is 1.85. The molecule has 0 spiro atoms. The molecule has 1 aliphatic heterocycles. The summed E-state index contributed by atoms with van der Waals surface area (Å²) in [6, 6.07) is 13.0. The number of anilines is 2. The van der Waals surface area contributed by atoms with Gasteiger partial charge in [0.2, 0.25) is 5.91 Å². The highest BCUT2D eigenvalue weighted by Crippen LogP contribution is 2.30. The van der Waals surface area contributed by atoms with Crippen LogP contribution in [-0.4, -0.2) is 27.4 Å². The van der Waals surface area contributed by atoms with Gasteiger partial charge >= 0.3 is 0 Å². The van der Waals surface area contributed by atoms with Crippen molar-refractivity contribution in [3.8, 4) is 0 Å². The standard InChI is InChI=1S/C18H21N3O3S/c19-18(22)14-8-10-15(11-9-14)25(23,24)20-16-6-2-3-7-17(16)21-12-4-1-5-13-21/h2-3,6-11,20H,1,4-5,12-13H2,(H2,19,22). The number of para-hydroxylation sites is 2. The molecular weight excluding hydrogens is 338 g/mol. The molecule has 2 aromatic rings. The van der Waals surface area contributed by atoms with Crippen molar-refractivity contribution in [3.63, 3.8) is 0 Å². The highest BCUT2D eigenvalue weighted by atomic mass is 32.2. The van der Waals surface area contributed by atoms with Crippen molar-refractivity contribution < 1.29 is 13.2 Å². The molecule has 3 N–H and O–H groups in total. The Bertz CT molecular complexity index is 857. The maximum absolute atomic E-state index is 12.7. The molecular formula is C18H21N3O3S. The van der Waals surface area contributed by atoms with Gasteiger partial charge in [0, 0.05) is 18.7 Å². The minimum absolute atomic E-state index is 0.0888. The molecule has 1 aliphatic rings. The van der Waals surface area contributed by atoms with E-state index in [1.54, 1.807) is 6.07 Å². The lowest BCUT2D eigenvalue weighted by molar-refractivity contribution is 0.1000. The number of nitrogens with two attached hydrogens (primary N) is 1. The minimum Gasteiger partial charge on any atom is -0.370 e. The maximum Gasteiger partial charge on any atom is 0.261 e. The molecule has 25 heavy (non-hydrogen) atoms. The fourth-order valence-corrected chi connectivity index (χ4v) is 4.05. The van der Waals surface area contributed by atoms with Gasteiger partial charge < -0.3 is 10.6 Å². The van der Waals surface area contributed by atoms with Gasteiger partial charge in [-0.2, -0.15) is 0 Å². The lowest BCUT2D eigenvalue weighted by atomic mass is 10.1. The average Bonchev–Trinajstić information content (AvgIpc) is 2.63. The van der Waals surface area contributed by atoms with Crippen LogP contribution in [0.2, 0.25) is 0 Å². The summed E-state index contributed by atoms with van der Waals surface area (Å²) in [7, 11) is -3.75. The molecule has 0 atom stereocenters. The molecule has 2 aromatic carbocycles. The van der Waals surface area contributed by atoms with Gasteiger partial charge in [0.25, 0.3) is 10.0 Å². The number of rotatable bonds is 5. The Balaban J connectivity index is 1.87. The highest BCUT2D eigenvalue weighted by Gasteiger charge is 2.19. The lowest BCUT2D eigenvalue weighted by Crippen LogP contribution is -2.30. The Morgan fingerprint density at radius 3 is 2.24 bits per heavy atom. The van der Waals surface area contributed by atoms with Crippen molar-refractivity contribution >= 4 is 27.3 Å². The molecule has 3 rings (SSSR count). The molecule has 6 nitrogen and oxygen atoms in total. The van der Waals surface area contributed by atoms with E-state index in [0.29, 0.717) is 5.69 Å². The fourth-order valence-electron chi connectivity index (χ4n) is 2.97. The summed E-state index contributed by atoms with van der Waals surface area (Å²) in [5.74, 6) is -0.590. The van der Waals surface area contributed by atoms with Crippen LogP contribution < -0.4 is 15.4 Å². The average molecular weight is 359 g/mol. The first kappa shape index (κ1) is 17.3. The van der Waals surface area contributed by atoms with Gasteiger partial charge in [0.15, 0.2) is 0 Å². The SMILES string of the molecule is NC(=O)c1ccc(S(=O)(=O)Nc2ccccc2N2CCCCC2)cc1. The molecule has 0 radical (unpaired) electrons. The van der Waals surface area contributed by atoms with Crippen LogP contribution >= 0.6 is 0 Å². The lowest BCUT2D eigenvalue weighted by Gasteiger charge is -2.30. The summed E-state index contributed by atoms with van der Waals surface area (Å²) in [5, 5.41) is 0. The molecule has 0 saturated carbocycles. The van der Waals surface area contributed by atoms with Crippen LogP contribution in [0.25, 0.3) is 0 Å². The molecule has 1 fully saturated rings. The first-order chi connectivity index (χ1) is 12.0. The molecule has 0 unspecified atom stereocenters. The number of sulfonamides is 1. The van der Waals surface area contributed by atoms with E-state index >= 15 is 0 Å². The van der Waals surface area contributed by atoms with Gasteiger partial charge in [0.05, 0.1) is 16.3 Å². The zero-order chi connectivity index (χ0) is 17.9. The van der Waals surface area contributed by atoms with E-state index in [0.717, 1.165) is 31.6 Å². The number of hydrogen-bond acceptors (Lipinski definition) is 4. The van der Waals surface area contributed by atoms with Crippen LogP contribution in [0.15, 0.2) is 53.4 Å².